The van der Waals surface area contributed by atoms with Gasteiger partial charge in [-0.15, -0.1) is 0 Å². The number of carbonyl (C=O) groups excluding carboxylic acids is 4. The number of nitrogens with one attached hydrogen (secondary N) is 2. The third-order valence-electron chi connectivity index (χ3n) is 6.01. The van der Waals surface area contributed by atoms with Crippen molar-refractivity contribution < 1.29 is 57.1 Å². The minimum Gasteiger partial charge on any atom is -0.482 e. The zero-order valence-electron chi connectivity index (χ0n) is 30.4. The molecule has 49 heavy (non-hydrogen) atoms. The first-order chi connectivity index (χ1) is 23.2. The number of hydrogen-bond acceptors (Lipinski definition) is 12. The van der Waals surface area contributed by atoms with Crippen LogP contribution in [0.4, 0.5) is 4.79 Å². The Labute approximate surface area is 291 Å². The Morgan fingerprint density at radius 1 is 0.714 bits per heavy atom. The average molecular weight is 699 g/mol. The lowest BCUT2D eigenvalue weighted by molar-refractivity contribution is -0.157. The molecule has 0 saturated carbocycles. The van der Waals surface area contributed by atoms with Crippen LogP contribution in [-0.4, -0.2) is 114 Å². The van der Waals surface area contributed by atoms with Gasteiger partial charge in [0.1, 0.15) is 23.0 Å². The van der Waals surface area contributed by atoms with E-state index in [2.05, 4.69) is 10.6 Å². The molecule has 280 valence electrons. The van der Waals surface area contributed by atoms with Gasteiger partial charge in [-0.1, -0.05) is 25.5 Å². The second-order valence-electron chi connectivity index (χ2n) is 13.0. The largest absolute Gasteiger partial charge is 0.482 e. The van der Waals surface area contributed by atoms with Gasteiger partial charge in [-0.25, -0.2) is 14.4 Å². The van der Waals surface area contributed by atoms with E-state index in [1.807, 2.05) is 6.92 Å². The van der Waals surface area contributed by atoms with E-state index >= 15 is 0 Å². The Morgan fingerprint density at radius 2 is 1.27 bits per heavy atom. The lowest BCUT2D eigenvalue weighted by Gasteiger charge is -2.19. The molecule has 1 unspecified atom stereocenters. The molecular weight excluding hydrogens is 640 g/mol. The summed E-state index contributed by atoms with van der Waals surface area (Å²) in [6, 6.07) is 6.03. The van der Waals surface area contributed by atoms with E-state index in [9.17, 15) is 19.2 Å². The fourth-order valence-electron chi connectivity index (χ4n) is 3.81. The standard InChI is InChI=1S/C35H58N2O12/c1-8-9-16-46-32(40)29(25-27-10-12-28(13-11-27)47-26-31(39)48-34(2,3)4)37-30(38)14-17-42-19-21-44-23-24-45-22-20-43-18-15-36-33(41)49-35(5,6)7/h10-13,29H,8-9,14-26H2,1-7H3,(H,36,41)(H,37,38). The highest BCUT2D eigenvalue weighted by atomic mass is 16.6. The van der Waals surface area contributed by atoms with Gasteiger partial charge in [0.15, 0.2) is 6.61 Å². The summed E-state index contributed by atoms with van der Waals surface area (Å²) in [5.41, 5.74) is -0.363. The monoisotopic (exact) mass is 698 g/mol. The van der Waals surface area contributed by atoms with E-state index in [4.69, 9.17) is 37.9 Å². The summed E-state index contributed by atoms with van der Waals surface area (Å²) in [6.07, 6.45) is 1.40. The zero-order chi connectivity index (χ0) is 36.5. The first kappa shape index (κ1) is 43.6. The molecule has 0 aliphatic rings. The normalized spacial score (nSPS) is 12.1. The Morgan fingerprint density at radius 3 is 1.82 bits per heavy atom. The molecule has 2 amide bonds. The molecule has 0 saturated heterocycles. The van der Waals surface area contributed by atoms with Gasteiger partial charge in [-0.2, -0.15) is 0 Å². The van der Waals surface area contributed by atoms with Crippen molar-refractivity contribution >= 4 is 23.9 Å². The number of benzene rings is 1. The Balaban J connectivity index is 2.26. The van der Waals surface area contributed by atoms with Crippen LogP contribution in [0.2, 0.25) is 0 Å². The molecule has 0 radical (unpaired) electrons. The van der Waals surface area contributed by atoms with Crippen molar-refractivity contribution in [3.8, 4) is 5.75 Å². The fourth-order valence-corrected chi connectivity index (χ4v) is 3.81. The number of amides is 2. The molecule has 2 N–H and O–H groups in total. The molecule has 0 aliphatic carbocycles. The predicted octanol–water partition coefficient (Wildman–Crippen LogP) is 3.76. The first-order valence-corrected chi connectivity index (χ1v) is 16.9. The molecule has 0 heterocycles. The smallest absolute Gasteiger partial charge is 0.407 e. The van der Waals surface area contributed by atoms with Crippen LogP contribution in [0, 0.1) is 0 Å². The topological polar surface area (TPSA) is 166 Å². The van der Waals surface area contributed by atoms with E-state index in [0.29, 0.717) is 58.5 Å². The molecule has 0 spiro atoms. The van der Waals surface area contributed by atoms with Crippen LogP contribution < -0.4 is 15.4 Å². The molecule has 1 aromatic rings. The maximum atomic E-state index is 12.8. The van der Waals surface area contributed by atoms with Gasteiger partial charge in [-0.3, -0.25) is 4.79 Å². The lowest BCUT2D eigenvalue weighted by atomic mass is 10.1. The van der Waals surface area contributed by atoms with Crippen LogP contribution in [-0.2, 0) is 54.0 Å². The average Bonchev–Trinajstić information content (AvgIpc) is 3.00. The predicted molar refractivity (Wildman–Crippen MR) is 181 cm³/mol. The van der Waals surface area contributed by atoms with Gasteiger partial charge in [0.25, 0.3) is 0 Å². The molecule has 1 rings (SSSR count). The number of alkyl carbamates (subject to hydrolysis) is 1. The van der Waals surface area contributed by atoms with Crippen molar-refractivity contribution in [3.63, 3.8) is 0 Å². The number of rotatable bonds is 25. The number of esters is 2. The van der Waals surface area contributed by atoms with Crippen molar-refractivity contribution in [2.75, 3.05) is 72.6 Å². The fraction of sp³-hybridized carbons (Fsp3) is 0.714. The van der Waals surface area contributed by atoms with E-state index in [1.54, 1.807) is 65.8 Å². The van der Waals surface area contributed by atoms with Crippen LogP contribution in [0.3, 0.4) is 0 Å². The van der Waals surface area contributed by atoms with Crippen LogP contribution >= 0.6 is 0 Å². The third kappa shape index (κ3) is 25.2. The Kier molecular flexibility index (Phi) is 21.9. The maximum absolute atomic E-state index is 12.8. The summed E-state index contributed by atoms with van der Waals surface area (Å²) in [4.78, 5) is 48.9. The second-order valence-corrected chi connectivity index (χ2v) is 13.0. The Hall–Kier alpha value is -3.46. The number of carbonyl (C=O) groups is 4. The van der Waals surface area contributed by atoms with Crippen molar-refractivity contribution in [3.05, 3.63) is 29.8 Å². The van der Waals surface area contributed by atoms with E-state index < -0.39 is 35.3 Å². The third-order valence-corrected chi connectivity index (χ3v) is 6.01. The molecule has 14 nitrogen and oxygen atoms in total. The molecule has 14 heteroatoms. The quantitative estimate of drug-likeness (QED) is 0.0864. The van der Waals surface area contributed by atoms with Gasteiger partial charge in [-0.05, 0) is 65.7 Å². The molecule has 0 bridgehead atoms. The molecule has 0 aliphatic heterocycles. The van der Waals surface area contributed by atoms with Crippen molar-refractivity contribution in [1.82, 2.24) is 10.6 Å². The summed E-state index contributed by atoms with van der Waals surface area (Å²) in [6.45, 7) is 15.8. The first-order valence-electron chi connectivity index (χ1n) is 16.9. The van der Waals surface area contributed by atoms with Gasteiger partial charge < -0.3 is 48.5 Å². The van der Waals surface area contributed by atoms with Crippen molar-refractivity contribution in [1.29, 1.82) is 0 Å². The highest BCUT2D eigenvalue weighted by Gasteiger charge is 2.23. The summed E-state index contributed by atoms with van der Waals surface area (Å²) in [5, 5.41) is 5.37. The molecular formula is C35H58N2O12. The molecule has 1 atom stereocenters. The van der Waals surface area contributed by atoms with Crippen LogP contribution in [0.5, 0.6) is 5.75 Å². The minimum atomic E-state index is -0.875. The SMILES string of the molecule is CCCCOC(=O)C(Cc1ccc(OCC(=O)OC(C)(C)C)cc1)NC(=O)CCOCCOCCOCCOCCNC(=O)OC(C)(C)C. The number of unbranched alkanes of at least 4 members (excludes halogenated alkanes) is 1. The lowest BCUT2D eigenvalue weighted by Crippen LogP contribution is -2.43. The molecule has 0 fully saturated rings. The highest BCUT2D eigenvalue weighted by molar-refractivity contribution is 5.84. The number of hydrogen-bond donors (Lipinski definition) is 2. The van der Waals surface area contributed by atoms with Crippen LogP contribution in [0.1, 0.15) is 73.3 Å². The summed E-state index contributed by atoms with van der Waals surface area (Å²) in [5.74, 6) is -0.849. The second kappa shape index (κ2) is 24.6. The molecule has 1 aromatic carbocycles. The zero-order valence-corrected chi connectivity index (χ0v) is 30.4. The minimum absolute atomic E-state index is 0.0621. The Bertz CT molecular complexity index is 1080. The van der Waals surface area contributed by atoms with Crippen molar-refractivity contribution in [2.24, 2.45) is 0 Å². The highest BCUT2D eigenvalue weighted by Crippen LogP contribution is 2.15. The maximum Gasteiger partial charge on any atom is 0.407 e. The van der Waals surface area contributed by atoms with Gasteiger partial charge in [0.2, 0.25) is 5.91 Å². The van der Waals surface area contributed by atoms with Crippen LogP contribution in [0.25, 0.3) is 0 Å². The van der Waals surface area contributed by atoms with Gasteiger partial charge in [0.05, 0.1) is 59.5 Å². The van der Waals surface area contributed by atoms with Gasteiger partial charge >= 0.3 is 18.0 Å². The van der Waals surface area contributed by atoms with E-state index in [0.717, 1.165) is 18.4 Å². The summed E-state index contributed by atoms with van der Waals surface area (Å²) >= 11 is 0. The summed E-state index contributed by atoms with van der Waals surface area (Å²) < 4.78 is 43.1. The molecule has 0 aromatic heterocycles. The summed E-state index contributed by atoms with van der Waals surface area (Å²) in [7, 11) is 0. The van der Waals surface area contributed by atoms with Gasteiger partial charge in [0, 0.05) is 19.4 Å². The number of ether oxygens (including phenoxy) is 8. The van der Waals surface area contributed by atoms with E-state index in [-0.39, 0.29) is 38.6 Å². The van der Waals surface area contributed by atoms with E-state index in [1.165, 1.54) is 0 Å². The van der Waals surface area contributed by atoms with Crippen molar-refractivity contribution in [2.45, 2.75) is 91.4 Å². The van der Waals surface area contributed by atoms with Crippen LogP contribution in [0.15, 0.2) is 24.3 Å².